The third-order valence-electron chi connectivity index (χ3n) is 4.55. The SMILES string of the molecule is CN1CCN(C2c3ccccc3Oc3ccccc32)CC1. The molecule has 0 spiro atoms. The fraction of sp³-hybridized carbons (Fsp3) is 0.333. The van der Waals surface area contributed by atoms with Gasteiger partial charge in [0.2, 0.25) is 0 Å². The summed E-state index contributed by atoms with van der Waals surface area (Å²) < 4.78 is 6.08. The molecule has 1 fully saturated rings. The highest BCUT2D eigenvalue weighted by Gasteiger charge is 2.32. The molecule has 0 atom stereocenters. The summed E-state index contributed by atoms with van der Waals surface area (Å²) in [6.45, 7) is 4.46. The summed E-state index contributed by atoms with van der Waals surface area (Å²) in [4.78, 5) is 4.98. The van der Waals surface area contributed by atoms with Gasteiger partial charge in [-0.1, -0.05) is 36.4 Å². The molecule has 21 heavy (non-hydrogen) atoms. The number of hydrogen-bond acceptors (Lipinski definition) is 3. The fourth-order valence-corrected chi connectivity index (χ4v) is 3.36. The Morgan fingerprint density at radius 3 is 1.90 bits per heavy atom. The molecule has 1 saturated heterocycles. The predicted octanol–water partition coefficient (Wildman–Crippen LogP) is 3.13. The normalized spacial score (nSPS) is 19.7. The summed E-state index contributed by atoms with van der Waals surface area (Å²) in [5.74, 6) is 2.00. The molecule has 0 radical (unpaired) electrons. The van der Waals surface area contributed by atoms with Crippen molar-refractivity contribution in [3.63, 3.8) is 0 Å². The molecule has 2 aliphatic heterocycles. The maximum absolute atomic E-state index is 6.08. The number of nitrogens with zero attached hydrogens (tertiary/aromatic N) is 2. The first-order valence-corrected chi connectivity index (χ1v) is 7.61. The van der Waals surface area contributed by atoms with Gasteiger partial charge < -0.3 is 9.64 Å². The van der Waals surface area contributed by atoms with E-state index in [2.05, 4.69) is 53.2 Å². The van der Waals surface area contributed by atoms with E-state index in [1.807, 2.05) is 12.1 Å². The van der Waals surface area contributed by atoms with Crippen LogP contribution in [0.1, 0.15) is 17.2 Å². The van der Waals surface area contributed by atoms with Crippen LogP contribution in [0.4, 0.5) is 0 Å². The van der Waals surface area contributed by atoms with Crippen molar-refractivity contribution in [3.8, 4) is 11.5 Å². The highest BCUT2D eigenvalue weighted by molar-refractivity contribution is 5.53. The first-order chi connectivity index (χ1) is 10.3. The summed E-state index contributed by atoms with van der Waals surface area (Å²) >= 11 is 0. The predicted molar refractivity (Wildman–Crippen MR) is 83.9 cm³/mol. The topological polar surface area (TPSA) is 15.7 Å². The molecule has 3 nitrogen and oxygen atoms in total. The minimum atomic E-state index is 0.319. The number of rotatable bonds is 1. The number of para-hydroxylation sites is 2. The molecule has 0 amide bonds. The van der Waals surface area contributed by atoms with Gasteiger partial charge in [0.25, 0.3) is 0 Å². The van der Waals surface area contributed by atoms with E-state index in [-0.39, 0.29) is 0 Å². The van der Waals surface area contributed by atoms with Gasteiger partial charge in [-0.25, -0.2) is 0 Å². The van der Waals surface area contributed by atoms with Crippen LogP contribution >= 0.6 is 0 Å². The highest BCUT2D eigenvalue weighted by Crippen LogP contribution is 2.45. The van der Waals surface area contributed by atoms with E-state index in [1.54, 1.807) is 0 Å². The summed E-state index contributed by atoms with van der Waals surface area (Å²) in [5.41, 5.74) is 2.58. The molecule has 2 aromatic rings. The second-order valence-corrected chi connectivity index (χ2v) is 5.92. The van der Waals surface area contributed by atoms with Gasteiger partial charge in [0, 0.05) is 37.3 Å². The molecule has 0 aliphatic carbocycles. The molecule has 2 heterocycles. The molecule has 0 unspecified atom stereocenters. The fourth-order valence-electron chi connectivity index (χ4n) is 3.36. The average Bonchev–Trinajstić information content (AvgIpc) is 2.53. The lowest BCUT2D eigenvalue weighted by molar-refractivity contribution is 0.122. The molecule has 108 valence electrons. The third kappa shape index (κ3) is 2.23. The minimum absolute atomic E-state index is 0.319. The minimum Gasteiger partial charge on any atom is -0.457 e. The monoisotopic (exact) mass is 280 g/mol. The van der Waals surface area contributed by atoms with E-state index >= 15 is 0 Å². The Labute approximate surface area is 125 Å². The molecule has 0 saturated carbocycles. The van der Waals surface area contributed by atoms with E-state index in [4.69, 9.17) is 4.74 Å². The zero-order chi connectivity index (χ0) is 14.2. The zero-order valence-electron chi connectivity index (χ0n) is 12.3. The second kappa shape index (κ2) is 5.17. The summed E-state index contributed by atoms with van der Waals surface area (Å²) in [6.07, 6.45) is 0. The first-order valence-electron chi connectivity index (χ1n) is 7.61. The molecule has 2 aromatic carbocycles. The molecule has 2 aliphatic rings. The van der Waals surface area contributed by atoms with E-state index < -0.39 is 0 Å². The maximum Gasteiger partial charge on any atom is 0.132 e. The number of hydrogen-bond donors (Lipinski definition) is 0. The van der Waals surface area contributed by atoms with Crippen LogP contribution in [-0.2, 0) is 0 Å². The number of benzene rings is 2. The van der Waals surface area contributed by atoms with Crippen molar-refractivity contribution in [1.29, 1.82) is 0 Å². The summed E-state index contributed by atoms with van der Waals surface area (Å²) in [7, 11) is 2.20. The van der Waals surface area contributed by atoms with Gasteiger partial charge in [0.1, 0.15) is 11.5 Å². The van der Waals surface area contributed by atoms with Crippen LogP contribution in [0.3, 0.4) is 0 Å². The molecule has 4 rings (SSSR count). The van der Waals surface area contributed by atoms with Crippen molar-refractivity contribution in [2.45, 2.75) is 6.04 Å². The number of fused-ring (bicyclic) bond motifs is 2. The molecule has 0 aromatic heterocycles. The number of piperazine rings is 1. The standard InChI is InChI=1S/C18H20N2O/c1-19-10-12-20(13-11-19)18-14-6-2-4-8-16(14)21-17-9-5-3-7-15(17)18/h2-9,18H,10-13H2,1H3. The summed E-state index contributed by atoms with van der Waals surface area (Å²) in [5, 5.41) is 0. The molecule has 0 N–H and O–H groups in total. The van der Waals surface area contributed by atoms with Crippen molar-refractivity contribution in [3.05, 3.63) is 59.7 Å². The van der Waals surface area contributed by atoms with Gasteiger partial charge in [-0.15, -0.1) is 0 Å². The molecule has 3 heteroatoms. The van der Waals surface area contributed by atoms with Crippen molar-refractivity contribution < 1.29 is 4.74 Å². The average molecular weight is 280 g/mol. The van der Waals surface area contributed by atoms with E-state index in [9.17, 15) is 0 Å². The van der Waals surface area contributed by atoms with Gasteiger partial charge in [0.05, 0.1) is 6.04 Å². The van der Waals surface area contributed by atoms with Gasteiger partial charge in [-0.2, -0.15) is 0 Å². The lowest BCUT2D eigenvalue weighted by atomic mass is 9.92. The Morgan fingerprint density at radius 1 is 0.810 bits per heavy atom. The van der Waals surface area contributed by atoms with Gasteiger partial charge in [-0.05, 0) is 19.2 Å². The van der Waals surface area contributed by atoms with E-state index in [0.29, 0.717) is 6.04 Å². The molecular weight excluding hydrogens is 260 g/mol. The Kier molecular flexibility index (Phi) is 3.17. The second-order valence-electron chi connectivity index (χ2n) is 5.92. The van der Waals surface area contributed by atoms with Crippen molar-refractivity contribution >= 4 is 0 Å². The van der Waals surface area contributed by atoms with Crippen molar-refractivity contribution in [2.24, 2.45) is 0 Å². The van der Waals surface area contributed by atoms with Crippen LogP contribution in [-0.4, -0.2) is 43.0 Å². The van der Waals surface area contributed by atoms with Crippen LogP contribution in [0.15, 0.2) is 48.5 Å². The molecular formula is C18H20N2O. The Hall–Kier alpha value is -1.84. The number of ether oxygens (including phenoxy) is 1. The number of likely N-dealkylation sites (N-methyl/N-ethyl adjacent to an activating group) is 1. The molecule has 0 bridgehead atoms. The lowest BCUT2D eigenvalue weighted by Crippen LogP contribution is -2.46. The van der Waals surface area contributed by atoms with Crippen LogP contribution in [0.5, 0.6) is 11.5 Å². The van der Waals surface area contributed by atoms with E-state index in [1.165, 1.54) is 11.1 Å². The van der Waals surface area contributed by atoms with Crippen LogP contribution < -0.4 is 4.74 Å². The van der Waals surface area contributed by atoms with Gasteiger partial charge >= 0.3 is 0 Å². The Morgan fingerprint density at radius 2 is 1.33 bits per heavy atom. The smallest absolute Gasteiger partial charge is 0.132 e. The maximum atomic E-state index is 6.08. The van der Waals surface area contributed by atoms with Crippen LogP contribution in [0.25, 0.3) is 0 Å². The first kappa shape index (κ1) is 12.9. The van der Waals surface area contributed by atoms with Crippen molar-refractivity contribution in [2.75, 3.05) is 33.2 Å². The quantitative estimate of drug-likeness (QED) is 0.798. The highest BCUT2D eigenvalue weighted by atomic mass is 16.5. The van der Waals surface area contributed by atoms with Crippen LogP contribution in [0, 0.1) is 0 Å². The zero-order valence-corrected chi connectivity index (χ0v) is 12.3. The van der Waals surface area contributed by atoms with Crippen LogP contribution in [0.2, 0.25) is 0 Å². The Balaban J connectivity index is 1.78. The lowest BCUT2D eigenvalue weighted by Gasteiger charge is -2.41. The van der Waals surface area contributed by atoms with E-state index in [0.717, 1.165) is 37.7 Å². The van der Waals surface area contributed by atoms with Gasteiger partial charge in [-0.3, -0.25) is 4.90 Å². The Bertz CT molecular complexity index is 602. The van der Waals surface area contributed by atoms with Gasteiger partial charge in [0.15, 0.2) is 0 Å². The summed E-state index contributed by atoms with van der Waals surface area (Å²) in [6, 6.07) is 17.2. The largest absolute Gasteiger partial charge is 0.457 e. The van der Waals surface area contributed by atoms with Crippen molar-refractivity contribution in [1.82, 2.24) is 9.80 Å². The third-order valence-corrected chi connectivity index (χ3v) is 4.55.